The average molecular weight is 347 g/mol. The summed E-state index contributed by atoms with van der Waals surface area (Å²) < 4.78 is 0. The molecule has 0 amide bonds. The van der Waals surface area contributed by atoms with Crippen molar-refractivity contribution in [3.05, 3.63) is 122 Å². The molecule has 0 unspecified atom stereocenters. The SMILES string of the molecule is C=C/C=C/C=C/C=C/C=C/C=C/C=C/C=C/C=C/C=C/CCCCCC. The van der Waals surface area contributed by atoms with Crippen molar-refractivity contribution < 1.29 is 0 Å². The van der Waals surface area contributed by atoms with Crippen molar-refractivity contribution in [3.63, 3.8) is 0 Å². The minimum Gasteiger partial charge on any atom is -0.0991 e. The highest BCUT2D eigenvalue weighted by molar-refractivity contribution is 5.22. The maximum Gasteiger partial charge on any atom is -0.0348 e. The Morgan fingerprint density at radius 3 is 1.23 bits per heavy atom. The summed E-state index contributed by atoms with van der Waals surface area (Å²) in [5.74, 6) is 0. The zero-order valence-corrected chi connectivity index (χ0v) is 16.2. The van der Waals surface area contributed by atoms with Gasteiger partial charge < -0.3 is 0 Å². The summed E-state index contributed by atoms with van der Waals surface area (Å²) in [6.45, 7) is 5.86. The second kappa shape index (κ2) is 22.4. The zero-order chi connectivity index (χ0) is 19.0. The molecule has 0 aromatic rings. The van der Waals surface area contributed by atoms with Crippen LogP contribution in [0.4, 0.5) is 0 Å². The molecule has 0 heteroatoms. The Kier molecular flexibility index (Phi) is 20.2. The van der Waals surface area contributed by atoms with Gasteiger partial charge in [0.2, 0.25) is 0 Å². The lowest BCUT2D eigenvalue weighted by Crippen LogP contribution is -1.72. The van der Waals surface area contributed by atoms with Crippen LogP contribution >= 0.6 is 0 Å². The first kappa shape index (κ1) is 23.4. The third-order valence-corrected chi connectivity index (χ3v) is 3.27. The molecule has 0 aromatic carbocycles. The number of hydrogen-bond donors (Lipinski definition) is 0. The fourth-order valence-electron chi connectivity index (χ4n) is 1.90. The van der Waals surface area contributed by atoms with E-state index in [0.717, 1.165) is 0 Å². The first-order valence-corrected chi connectivity index (χ1v) is 9.52. The monoisotopic (exact) mass is 346 g/mol. The normalized spacial score (nSPS) is 13.9. The van der Waals surface area contributed by atoms with Gasteiger partial charge in [-0.1, -0.05) is 148 Å². The van der Waals surface area contributed by atoms with Gasteiger partial charge in [-0.15, -0.1) is 0 Å². The third kappa shape index (κ3) is 21.4. The Hall–Kier alpha value is -2.60. The summed E-state index contributed by atoms with van der Waals surface area (Å²) >= 11 is 0. The first-order chi connectivity index (χ1) is 12.9. The van der Waals surface area contributed by atoms with E-state index in [2.05, 4.69) is 37.8 Å². The van der Waals surface area contributed by atoms with Crippen molar-refractivity contribution in [3.8, 4) is 0 Å². The van der Waals surface area contributed by atoms with Crippen LogP contribution in [0.1, 0.15) is 39.0 Å². The molecule has 0 aromatic heterocycles. The molecule has 0 atom stereocenters. The predicted octanol–water partition coefficient (Wildman–Crippen LogP) is 8.15. The molecule has 0 aliphatic heterocycles. The molecule has 0 N–H and O–H groups in total. The molecule has 0 rings (SSSR count). The smallest absolute Gasteiger partial charge is 0.0348 e. The van der Waals surface area contributed by atoms with Gasteiger partial charge >= 0.3 is 0 Å². The van der Waals surface area contributed by atoms with Gasteiger partial charge in [0, 0.05) is 0 Å². The van der Waals surface area contributed by atoms with E-state index in [1.165, 1.54) is 32.1 Å². The summed E-state index contributed by atoms with van der Waals surface area (Å²) in [5.41, 5.74) is 0. The Labute approximate surface area is 161 Å². The topological polar surface area (TPSA) is 0 Å². The van der Waals surface area contributed by atoms with Gasteiger partial charge in [0.1, 0.15) is 0 Å². The highest BCUT2D eigenvalue weighted by Gasteiger charge is 1.82. The second-order valence-corrected chi connectivity index (χ2v) is 5.59. The number of unbranched alkanes of at least 4 members (excludes halogenated alkanes) is 4. The quantitative estimate of drug-likeness (QED) is 0.220. The standard InChI is InChI=1S/C26H34/c1-3-5-7-9-11-13-15-17-19-21-23-25-26-24-22-20-18-16-14-12-10-8-6-4-2/h3,5,7,9,11,13-26H,1,4,6,8,10,12H2,2H3/b7-5+,11-9+,15-13+,16-14+,19-17+,20-18+,23-21+,24-22+,26-25+. The van der Waals surface area contributed by atoms with Gasteiger partial charge in [0.25, 0.3) is 0 Å². The van der Waals surface area contributed by atoms with E-state index in [1.54, 1.807) is 6.08 Å². The number of rotatable bonds is 14. The van der Waals surface area contributed by atoms with Gasteiger partial charge in [-0.05, 0) is 12.8 Å². The molecule has 26 heavy (non-hydrogen) atoms. The van der Waals surface area contributed by atoms with E-state index < -0.39 is 0 Å². The fraction of sp³-hybridized carbons (Fsp3) is 0.231. The summed E-state index contributed by atoms with van der Waals surface area (Å²) in [7, 11) is 0. The van der Waals surface area contributed by atoms with E-state index in [-0.39, 0.29) is 0 Å². The van der Waals surface area contributed by atoms with Crippen LogP contribution in [0, 0.1) is 0 Å². The molecule has 0 saturated carbocycles. The largest absolute Gasteiger partial charge is 0.0991 e. The van der Waals surface area contributed by atoms with Crippen LogP contribution in [-0.4, -0.2) is 0 Å². The van der Waals surface area contributed by atoms with Gasteiger partial charge in [-0.2, -0.15) is 0 Å². The van der Waals surface area contributed by atoms with E-state index >= 15 is 0 Å². The maximum atomic E-state index is 3.61. The van der Waals surface area contributed by atoms with Crippen molar-refractivity contribution in [1.82, 2.24) is 0 Å². The van der Waals surface area contributed by atoms with E-state index in [4.69, 9.17) is 0 Å². The van der Waals surface area contributed by atoms with Crippen molar-refractivity contribution in [2.24, 2.45) is 0 Å². The van der Waals surface area contributed by atoms with Crippen LogP contribution in [0.5, 0.6) is 0 Å². The highest BCUT2D eigenvalue weighted by atomic mass is 13.9. The molecule has 138 valence electrons. The molecule has 0 aliphatic rings. The Balaban J connectivity index is 3.79. The van der Waals surface area contributed by atoms with Crippen LogP contribution in [0.15, 0.2) is 122 Å². The second-order valence-electron chi connectivity index (χ2n) is 5.59. The predicted molar refractivity (Wildman–Crippen MR) is 121 cm³/mol. The molecule has 0 nitrogen and oxygen atoms in total. The third-order valence-electron chi connectivity index (χ3n) is 3.27. The molecule has 0 fully saturated rings. The van der Waals surface area contributed by atoms with E-state index in [9.17, 15) is 0 Å². The number of allylic oxidation sites excluding steroid dienone is 19. The summed E-state index contributed by atoms with van der Waals surface area (Å²) in [4.78, 5) is 0. The molecule has 0 bridgehead atoms. The Morgan fingerprint density at radius 1 is 0.462 bits per heavy atom. The van der Waals surface area contributed by atoms with Gasteiger partial charge in [-0.25, -0.2) is 0 Å². The molecule has 0 heterocycles. The summed E-state index contributed by atoms with van der Waals surface area (Å²) in [6.07, 6.45) is 44.6. The Bertz CT molecular complexity index is 569. The average Bonchev–Trinajstić information content (AvgIpc) is 2.66. The molecular weight excluding hydrogens is 312 g/mol. The highest BCUT2D eigenvalue weighted by Crippen LogP contribution is 2.02. The minimum atomic E-state index is 1.18. The fourth-order valence-corrected chi connectivity index (χ4v) is 1.90. The molecule has 0 saturated heterocycles. The molecular formula is C26H34. The van der Waals surface area contributed by atoms with E-state index in [0.29, 0.717) is 0 Å². The van der Waals surface area contributed by atoms with Crippen LogP contribution < -0.4 is 0 Å². The van der Waals surface area contributed by atoms with Gasteiger partial charge in [0.05, 0.1) is 0 Å². The first-order valence-electron chi connectivity index (χ1n) is 9.52. The van der Waals surface area contributed by atoms with Crippen molar-refractivity contribution in [2.45, 2.75) is 39.0 Å². The van der Waals surface area contributed by atoms with Crippen LogP contribution in [0.25, 0.3) is 0 Å². The molecule has 0 aliphatic carbocycles. The van der Waals surface area contributed by atoms with Crippen LogP contribution in [-0.2, 0) is 0 Å². The Morgan fingerprint density at radius 2 is 0.846 bits per heavy atom. The van der Waals surface area contributed by atoms with Crippen LogP contribution in [0.2, 0.25) is 0 Å². The molecule has 0 radical (unpaired) electrons. The zero-order valence-electron chi connectivity index (χ0n) is 16.2. The van der Waals surface area contributed by atoms with Crippen molar-refractivity contribution in [2.75, 3.05) is 0 Å². The summed E-state index contributed by atoms with van der Waals surface area (Å²) in [5, 5.41) is 0. The lowest BCUT2D eigenvalue weighted by molar-refractivity contribution is 0.674. The number of hydrogen-bond acceptors (Lipinski definition) is 0. The minimum absolute atomic E-state index is 1.18. The lowest BCUT2D eigenvalue weighted by atomic mass is 10.1. The lowest BCUT2D eigenvalue weighted by Gasteiger charge is -1.92. The van der Waals surface area contributed by atoms with Gasteiger partial charge in [-0.3, -0.25) is 0 Å². The van der Waals surface area contributed by atoms with Crippen LogP contribution in [0.3, 0.4) is 0 Å². The van der Waals surface area contributed by atoms with Crippen molar-refractivity contribution >= 4 is 0 Å². The summed E-state index contributed by atoms with van der Waals surface area (Å²) in [6, 6.07) is 0. The van der Waals surface area contributed by atoms with Gasteiger partial charge in [0.15, 0.2) is 0 Å². The van der Waals surface area contributed by atoms with E-state index in [1.807, 2.05) is 85.1 Å². The van der Waals surface area contributed by atoms with Crippen molar-refractivity contribution in [1.29, 1.82) is 0 Å². The molecule has 0 spiro atoms. The maximum absolute atomic E-state index is 3.61.